The van der Waals surface area contributed by atoms with Crippen LogP contribution in [0.5, 0.6) is 0 Å². The van der Waals surface area contributed by atoms with Gasteiger partial charge >= 0.3 is 0 Å². The molecule has 0 fully saturated rings. The Morgan fingerprint density at radius 1 is 1.24 bits per heavy atom. The summed E-state index contributed by atoms with van der Waals surface area (Å²) in [7, 11) is -3.55. The zero-order chi connectivity index (χ0) is 15.3. The highest BCUT2D eigenvalue weighted by Gasteiger charge is 2.15. The van der Waals surface area contributed by atoms with Crippen molar-refractivity contribution in [2.24, 2.45) is 16.8 Å². The number of hydrogen-bond acceptors (Lipinski definition) is 4. The number of primary sulfonamides is 1. The van der Waals surface area contributed by atoms with Gasteiger partial charge in [0.05, 0.1) is 11.8 Å². The second-order valence-corrected chi connectivity index (χ2v) is 6.84. The molecule has 0 spiro atoms. The predicted octanol–water partition coefficient (Wildman–Crippen LogP) is 1.21. The van der Waals surface area contributed by atoms with E-state index in [9.17, 15) is 13.2 Å². The number of nitrogens with two attached hydrogens (primary N) is 2. The zero-order valence-electron chi connectivity index (χ0n) is 12.1. The molecule has 0 aliphatic rings. The molecule has 0 aliphatic carbocycles. The molecule has 5 N–H and O–H groups in total. The molecule has 0 radical (unpaired) electrons. The summed E-state index contributed by atoms with van der Waals surface area (Å²) in [4.78, 5) is 11.8. The van der Waals surface area contributed by atoms with Gasteiger partial charge < -0.3 is 11.1 Å². The van der Waals surface area contributed by atoms with E-state index in [-0.39, 0.29) is 24.1 Å². The molecular weight excluding hydrogens is 314 g/mol. The SMILES string of the molecule is CC(C)C[C@H](N)C(=O)Nc1ccc(CS(N)(=O)=O)cc1.Cl. The number of carbonyl (C=O) groups is 1. The second kappa shape index (κ2) is 8.33. The molecule has 1 aromatic rings. The summed E-state index contributed by atoms with van der Waals surface area (Å²) >= 11 is 0. The van der Waals surface area contributed by atoms with Gasteiger partial charge in [-0.15, -0.1) is 12.4 Å². The minimum absolute atomic E-state index is 0. The normalized spacial score (nSPS) is 12.6. The molecule has 120 valence electrons. The van der Waals surface area contributed by atoms with Gasteiger partial charge in [0.1, 0.15) is 0 Å². The Kier molecular flexibility index (Phi) is 7.87. The van der Waals surface area contributed by atoms with Crippen LogP contribution in [0.3, 0.4) is 0 Å². The van der Waals surface area contributed by atoms with Gasteiger partial charge in [-0.2, -0.15) is 0 Å². The molecule has 6 nitrogen and oxygen atoms in total. The molecule has 0 bridgehead atoms. The van der Waals surface area contributed by atoms with Crippen molar-refractivity contribution < 1.29 is 13.2 Å². The van der Waals surface area contributed by atoms with E-state index in [1.165, 1.54) is 0 Å². The molecule has 8 heteroatoms. The Morgan fingerprint density at radius 3 is 2.19 bits per heavy atom. The molecule has 0 aromatic heterocycles. The van der Waals surface area contributed by atoms with Crippen molar-refractivity contribution in [2.75, 3.05) is 5.32 Å². The molecule has 1 aromatic carbocycles. The maximum Gasteiger partial charge on any atom is 0.241 e. The summed E-state index contributed by atoms with van der Waals surface area (Å²) < 4.78 is 21.9. The van der Waals surface area contributed by atoms with Crippen molar-refractivity contribution >= 4 is 34.0 Å². The molecular formula is C13H22ClN3O3S. The monoisotopic (exact) mass is 335 g/mol. The number of benzene rings is 1. The summed E-state index contributed by atoms with van der Waals surface area (Å²) in [5.41, 5.74) is 6.91. The van der Waals surface area contributed by atoms with Gasteiger partial charge in [-0.1, -0.05) is 26.0 Å². The molecule has 0 saturated heterocycles. The van der Waals surface area contributed by atoms with E-state index in [1.807, 2.05) is 13.8 Å². The topological polar surface area (TPSA) is 115 Å². The van der Waals surface area contributed by atoms with E-state index in [0.29, 0.717) is 23.6 Å². The molecule has 0 saturated carbocycles. The first-order valence-corrected chi connectivity index (χ1v) is 8.05. The number of nitrogens with one attached hydrogen (secondary N) is 1. The van der Waals surface area contributed by atoms with Crippen LogP contribution in [0.4, 0.5) is 5.69 Å². The minimum atomic E-state index is -3.55. The van der Waals surface area contributed by atoms with Crippen LogP contribution in [0.2, 0.25) is 0 Å². The quantitative estimate of drug-likeness (QED) is 0.724. The summed E-state index contributed by atoms with van der Waals surface area (Å²) in [5.74, 6) is -0.139. The first-order valence-electron chi connectivity index (χ1n) is 6.33. The lowest BCUT2D eigenvalue weighted by atomic mass is 10.0. The van der Waals surface area contributed by atoms with Crippen molar-refractivity contribution in [1.82, 2.24) is 0 Å². The maximum absolute atomic E-state index is 11.8. The average Bonchev–Trinajstić information content (AvgIpc) is 2.28. The molecule has 0 unspecified atom stereocenters. The van der Waals surface area contributed by atoms with Crippen molar-refractivity contribution in [3.63, 3.8) is 0 Å². The highest BCUT2D eigenvalue weighted by atomic mass is 35.5. The Balaban J connectivity index is 0.00000400. The van der Waals surface area contributed by atoms with E-state index in [2.05, 4.69) is 5.32 Å². The van der Waals surface area contributed by atoms with Crippen LogP contribution < -0.4 is 16.2 Å². The average molecular weight is 336 g/mol. The van der Waals surface area contributed by atoms with E-state index in [1.54, 1.807) is 24.3 Å². The van der Waals surface area contributed by atoms with Gasteiger partial charge in [0.15, 0.2) is 0 Å². The van der Waals surface area contributed by atoms with E-state index in [4.69, 9.17) is 10.9 Å². The third-order valence-electron chi connectivity index (χ3n) is 2.65. The number of carbonyl (C=O) groups excluding carboxylic acids is 1. The first-order chi connectivity index (χ1) is 9.17. The molecule has 1 amide bonds. The maximum atomic E-state index is 11.8. The van der Waals surface area contributed by atoms with Crippen LogP contribution in [0.25, 0.3) is 0 Å². The summed E-state index contributed by atoms with van der Waals surface area (Å²) in [5, 5.41) is 7.65. The van der Waals surface area contributed by atoms with Crippen molar-refractivity contribution in [3.05, 3.63) is 29.8 Å². The molecule has 1 rings (SSSR count). The molecule has 0 aliphatic heterocycles. The van der Waals surface area contributed by atoms with Gasteiger partial charge in [-0.3, -0.25) is 4.79 Å². The van der Waals surface area contributed by atoms with E-state index < -0.39 is 16.1 Å². The number of anilines is 1. The van der Waals surface area contributed by atoms with Crippen LogP contribution in [0.15, 0.2) is 24.3 Å². The van der Waals surface area contributed by atoms with Crippen LogP contribution >= 0.6 is 12.4 Å². The number of halogens is 1. The fraction of sp³-hybridized carbons (Fsp3) is 0.462. The fourth-order valence-electron chi connectivity index (χ4n) is 1.77. The van der Waals surface area contributed by atoms with E-state index >= 15 is 0 Å². The van der Waals surface area contributed by atoms with Gasteiger partial charge in [0, 0.05) is 5.69 Å². The van der Waals surface area contributed by atoms with Crippen molar-refractivity contribution in [1.29, 1.82) is 0 Å². The Bertz CT molecular complexity index is 559. The zero-order valence-corrected chi connectivity index (χ0v) is 13.7. The minimum Gasteiger partial charge on any atom is -0.325 e. The fourth-order valence-corrected chi connectivity index (χ4v) is 2.42. The third-order valence-corrected chi connectivity index (χ3v) is 3.39. The number of hydrogen-bond donors (Lipinski definition) is 3. The Labute approximate surface area is 131 Å². The largest absolute Gasteiger partial charge is 0.325 e. The van der Waals surface area contributed by atoms with Gasteiger partial charge in [0.2, 0.25) is 15.9 Å². The van der Waals surface area contributed by atoms with Gasteiger partial charge in [-0.25, -0.2) is 13.6 Å². The lowest BCUT2D eigenvalue weighted by molar-refractivity contribution is -0.117. The van der Waals surface area contributed by atoms with Gasteiger partial charge in [-0.05, 0) is 30.0 Å². The highest BCUT2D eigenvalue weighted by molar-refractivity contribution is 7.88. The Hall–Kier alpha value is -1.15. The number of rotatable bonds is 6. The summed E-state index contributed by atoms with van der Waals surface area (Å²) in [6.45, 7) is 3.99. The van der Waals surface area contributed by atoms with Crippen molar-refractivity contribution in [3.8, 4) is 0 Å². The molecule has 1 atom stereocenters. The van der Waals surface area contributed by atoms with Crippen LogP contribution in [-0.2, 0) is 20.6 Å². The standard InChI is InChI=1S/C13H21N3O3S.ClH/c1-9(2)7-12(14)13(17)16-11-5-3-10(4-6-11)8-20(15,18)19;/h3-6,9,12H,7-8,14H2,1-2H3,(H,16,17)(H2,15,18,19);1H/t12-;/m0./s1. The van der Waals surface area contributed by atoms with Gasteiger partial charge in [0.25, 0.3) is 0 Å². The van der Waals surface area contributed by atoms with Crippen LogP contribution in [-0.4, -0.2) is 20.4 Å². The number of amides is 1. The van der Waals surface area contributed by atoms with Crippen LogP contribution in [0, 0.1) is 5.92 Å². The summed E-state index contributed by atoms with van der Waals surface area (Å²) in [6, 6.07) is 5.90. The third kappa shape index (κ3) is 8.01. The highest BCUT2D eigenvalue weighted by Crippen LogP contribution is 2.12. The molecule has 0 heterocycles. The second-order valence-electron chi connectivity index (χ2n) is 5.23. The van der Waals surface area contributed by atoms with Crippen LogP contribution in [0.1, 0.15) is 25.8 Å². The summed E-state index contributed by atoms with van der Waals surface area (Å²) in [6.07, 6.45) is 0.606. The number of sulfonamides is 1. The molecule has 21 heavy (non-hydrogen) atoms. The lowest BCUT2D eigenvalue weighted by Gasteiger charge is -2.14. The smallest absolute Gasteiger partial charge is 0.241 e. The van der Waals surface area contributed by atoms with Crippen molar-refractivity contribution in [2.45, 2.75) is 32.1 Å². The van der Waals surface area contributed by atoms with E-state index in [0.717, 1.165) is 0 Å². The lowest BCUT2D eigenvalue weighted by Crippen LogP contribution is -2.36. The first kappa shape index (κ1) is 19.9. The predicted molar refractivity (Wildman–Crippen MR) is 86.6 cm³/mol. The Morgan fingerprint density at radius 2 is 1.76 bits per heavy atom.